The summed E-state index contributed by atoms with van der Waals surface area (Å²) in [7, 11) is 0. The molecule has 1 rings (SSSR count). The number of halogens is 1. The Balaban J connectivity index is 2.66. The van der Waals surface area contributed by atoms with E-state index in [1.807, 2.05) is 13.8 Å². The number of phenolic OH excluding ortho intramolecular Hbond substituents is 1. The van der Waals surface area contributed by atoms with Gasteiger partial charge in [0.15, 0.2) is 0 Å². The number of benzene rings is 1. The highest BCUT2D eigenvalue weighted by Crippen LogP contribution is 2.22. The van der Waals surface area contributed by atoms with Gasteiger partial charge in [0.1, 0.15) is 5.75 Å². The van der Waals surface area contributed by atoms with E-state index in [1.165, 1.54) is 0 Å². The van der Waals surface area contributed by atoms with Crippen LogP contribution >= 0.6 is 11.6 Å². The lowest BCUT2D eigenvalue weighted by Crippen LogP contribution is -2.42. The number of nitrogens with one attached hydrogen (secondary N) is 1. The third kappa shape index (κ3) is 4.63. The fraction of sp³-hybridized carbons (Fsp3) is 0.417. The Labute approximate surface area is 106 Å². The third-order valence-electron chi connectivity index (χ3n) is 2.42. The molecule has 4 nitrogen and oxygen atoms in total. The summed E-state index contributed by atoms with van der Waals surface area (Å²) in [5.74, 6) is -0.186. The number of carbonyl (C=O) groups is 1. The van der Waals surface area contributed by atoms with Gasteiger partial charge in [0.05, 0.1) is 0 Å². The minimum absolute atomic E-state index is 0.178. The fourth-order valence-electron chi connectivity index (χ4n) is 1.53. The van der Waals surface area contributed by atoms with Crippen molar-refractivity contribution >= 4 is 17.5 Å². The van der Waals surface area contributed by atoms with Gasteiger partial charge in [-0.25, -0.2) is 0 Å². The summed E-state index contributed by atoms with van der Waals surface area (Å²) in [6.45, 7) is 4.17. The number of hydrogen-bond acceptors (Lipinski definition) is 3. The number of rotatable bonds is 5. The zero-order valence-corrected chi connectivity index (χ0v) is 10.7. The van der Waals surface area contributed by atoms with Crippen LogP contribution in [0.1, 0.15) is 25.8 Å². The van der Waals surface area contributed by atoms with Crippen molar-refractivity contribution in [3.8, 4) is 5.75 Å². The first-order chi connectivity index (χ1) is 7.80. The number of carbonyl (C=O) groups excluding carboxylic acids is 1. The van der Waals surface area contributed by atoms with E-state index in [9.17, 15) is 9.90 Å². The minimum atomic E-state index is -0.416. The molecule has 0 aromatic heterocycles. The molecular formula is C12H17ClN2O2. The van der Waals surface area contributed by atoms with Gasteiger partial charge in [0.25, 0.3) is 0 Å². The van der Waals surface area contributed by atoms with E-state index in [-0.39, 0.29) is 18.1 Å². The van der Waals surface area contributed by atoms with Gasteiger partial charge in [-0.3, -0.25) is 4.79 Å². The summed E-state index contributed by atoms with van der Waals surface area (Å²) in [6, 6.07) is 4.85. The Morgan fingerprint density at radius 2 is 2.18 bits per heavy atom. The van der Waals surface area contributed by atoms with E-state index in [2.05, 4.69) is 5.32 Å². The zero-order chi connectivity index (χ0) is 13.1. The van der Waals surface area contributed by atoms with Crippen LogP contribution in [0, 0.1) is 0 Å². The highest BCUT2D eigenvalue weighted by molar-refractivity contribution is 6.30. The second kappa shape index (κ2) is 5.38. The van der Waals surface area contributed by atoms with Gasteiger partial charge in [0, 0.05) is 29.1 Å². The molecule has 0 aliphatic heterocycles. The molecule has 0 saturated carbocycles. The van der Waals surface area contributed by atoms with E-state index in [0.717, 1.165) is 0 Å². The number of primary amides is 1. The number of hydrogen-bond donors (Lipinski definition) is 3. The Hall–Kier alpha value is -1.26. The van der Waals surface area contributed by atoms with Crippen LogP contribution in [0.15, 0.2) is 18.2 Å². The Morgan fingerprint density at radius 3 is 2.76 bits per heavy atom. The van der Waals surface area contributed by atoms with Gasteiger partial charge in [-0.1, -0.05) is 11.6 Å². The first-order valence-corrected chi connectivity index (χ1v) is 5.69. The lowest BCUT2D eigenvalue weighted by Gasteiger charge is -2.25. The molecule has 94 valence electrons. The summed E-state index contributed by atoms with van der Waals surface area (Å²) in [5, 5.41) is 13.3. The second-order valence-electron chi connectivity index (χ2n) is 4.65. The number of aromatic hydroxyl groups is 1. The minimum Gasteiger partial charge on any atom is -0.508 e. The SMILES string of the molecule is CC(C)(CC(N)=O)NCc1cc(Cl)ccc1O. The molecule has 0 radical (unpaired) electrons. The Kier molecular flexibility index (Phi) is 4.37. The van der Waals surface area contributed by atoms with Crippen LogP contribution in [-0.4, -0.2) is 16.6 Å². The molecule has 4 N–H and O–H groups in total. The molecule has 0 bridgehead atoms. The molecule has 1 aromatic carbocycles. The average Bonchev–Trinajstić information content (AvgIpc) is 2.17. The molecule has 0 saturated heterocycles. The number of nitrogens with two attached hydrogens (primary N) is 1. The van der Waals surface area contributed by atoms with Gasteiger partial charge < -0.3 is 16.2 Å². The summed E-state index contributed by atoms with van der Waals surface area (Å²) in [4.78, 5) is 10.9. The highest BCUT2D eigenvalue weighted by atomic mass is 35.5. The zero-order valence-electron chi connectivity index (χ0n) is 9.96. The van der Waals surface area contributed by atoms with Crippen LogP contribution in [0.25, 0.3) is 0 Å². The lowest BCUT2D eigenvalue weighted by molar-refractivity contribution is -0.119. The maximum Gasteiger partial charge on any atom is 0.219 e. The smallest absolute Gasteiger partial charge is 0.219 e. The molecule has 5 heteroatoms. The van der Waals surface area contributed by atoms with Crippen molar-refractivity contribution in [3.63, 3.8) is 0 Å². The topological polar surface area (TPSA) is 75.4 Å². The third-order valence-corrected chi connectivity index (χ3v) is 2.65. The van der Waals surface area contributed by atoms with Crippen LogP contribution in [0.5, 0.6) is 5.75 Å². The van der Waals surface area contributed by atoms with Crippen LogP contribution in [0.4, 0.5) is 0 Å². The summed E-state index contributed by atoms with van der Waals surface area (Å²) in [6.07, 6.45) is 0.230. The van der Waals surface area contributed by atoms with E-state index in [0.29, 0.717) is 17.1 Å². The van der Waals surface area contributed by atoms with Crippen molar-refractivity contribution in [2.24, 2.45) is 5.73 Å². The monoisotopic (exact) mass is 256 g/mol. The molecular weight excluding hydrogens is 240 g/mol. The quantitative estimate of drug-likeness (QED) is 0.752. The first-order valence-electron chi connectivity index (χ1n) is 5.31. The maximum absolute atomic E-state index is 10.9. The Morgan fingerprint density at radius 1 is 1.53 bits per heavy atom. The molecule has 0 aliphatic carbocycles. The van der Waals surface area contributed by atoms with E-state index < -0.39 is 5.54 Å². The normalized spacial score (nSPS) is 11.5. The van der Waals surface area contributed by atoms with Crippen LogP contribution in [0.2, 0.25) is 5.02 Å². The standard InChI is InChI=1S/C12H17ClN2O2/c1-12(2,6-11(14)17)15-7-8-5-9(13)3-4-10(8)16/h3-5,15-16H,6-7H2,1-2H3,(H2,14,17). The predicted molar refractivity (Wildman–Crippen MR) is 67.8 cm³/mol. The molecule has 0 aliphatic rings. The number of amides is 1. The van der Waals surface area contributed by atoms with Crippen LogP contribution in [-0.2, 0) is 11.3 Å². The fourth-order valence-corrected chi connectivity index (χ4v) is 1.72. The molecule has 0 heterocycles. The summed E-state index contributed by atoms with van der Waals surface area (Å²) < 4.78 is 0. The van der Waals surface area contributed by atoms with Gasteiger partial charge >= 0.3 is 0 Å². The number of phenols is 1. The molecule has 0 unspecified atom stereocenters. The average molecular weight is 257 g/mol. The van der Waals surface area contributed by atoms with Gasteiger partial charge in [-0.15, -0.1) is 0 Å². The second-order valence-corrected chi connectivity index (χ2v) is 5.09. The van der Waals surface area contributed by atoms with E-state index in [1.54, 1.807) is 18.2 Å². The molecule has 1 aromatic rings. The van der Waals surface area contributed by atoms with Crippen molar-refractivity contribution in [1.82, 2.24) is 5.32 Å². The summed E-state index contributed by atoms with van der Waals surface area (Å²) in [5.41, 5.74) is 5.43. The molecule has 0 fully saturated rings. The first kappa shape index (κ1) is 13.8. The van der Waals surface area contributed by atoms with Gasteiger partial charge in [-0.05, 0) is 32.0 Å². The molecule has 0 spiro atoms. The van der Waals surface area contributed by atoms with Crippen molar-refractivity contribution in [2.45, 2.75) is 32.4 Å². The van der Waals surface area contributed by atoms with Crippen molar-refractivity contribution in [2.75, 3.05) is 0 Å². The largest absolute Gasteiger partial charge is 0.508 e. The van der Waals surface area contributed by atoms with Crippen LogP contribution < -0.4 is 11.1 Å². The van der Waals surface area contributed by atoms with E-state index >= 15 is 0 Å². The summed E-state index contributed by atoms with van der Waals surface area (Å²) >= 11 is 5.84. The Bertz CT molecular complexity index is 419. The van der Waals surface area contributed by atoms with Crippen molar-refractivity contribution in [3.05, 3.63) is 28.8 Å². The van der Waals surface area contributed by atoms with Crippen LogP contribution in [0.3, 0.4) is 0 Å². The predicted octanol–water partition coefficient (Wildman–Crippen LogP) is 1.79. The van der Waals surface area contributed by atoms with Gasteiger partial charge in [-0.2, -0.15) is 0 Å². The molecule has 1 amide bonds. The van der Waals surface area contributed by atoms with E-state index in [4.69, 9.17) is 17.3 Å². The van der Waals surface area contributed by atoms with Crippen molar-refractivity contribution in [1.29, 1.82) is 0 Å². The maximum atomic E-state index is 10.9. The van der Waals surface area contributed by atoms with Crippen molar-refractivity contribution < 1.29 is 9.90 Å². The lowest BCUT2D eigenvalue weighted by atomic mass is 10.00. The molecule has 17 heavy (non-hydrogen) atoms. The molecule has 0 atom stereocenters. The highest BCUT2D eigenvalue weighted by Gasteiger charge is 2.20. The van der Waals surface area contributed by atoms with Gasteiger partial charge in [0.2, 0.25) is 5.91 Å².